The average molecular weight is 232 g/mol. The van der Waals surface area contributed by atoms with Crippen LogP contribution >= 0.6 is 11.6 Å². The van der Waals surface area contributed by atoms with E-state index in [0.29, 0.717) is 13.1 Å². The van der Waals surface area contributed by atoms with Gasteiger partial charge in [0.1, 0.15) is 5.38 Å². The third kappa shape index (κ3) is 3.89. The average Bonchev–Trinajstić information content (AvgIpc) is 2.63. The van der Waals surface area contributed by atoms with E-state index < -0.39 is 11.3 Å². The molecular formula is C9H14ClN3O2. The number of hydrogen-bond acceptors (Lipinski definition) is 4. The molecule has 0 amide bonds. The van der Waals surface area contributed by atoms with Crippen molar-refractivity contribution in [3.8, 4) is 0 Å². The van der Waals surface area contributed by atoms with Crippen LogP contribution in [-0.4, -0.2) is 34.8 Å². The van der Waals surface area contributed by atoms with Gasteiger partial charge in [0, 0.05) is 26.3 Å². The van der Waals surface area contributed by atoms with E-state index in [4.69, 9.17) is 11.6 Å². The summed E-state index contributed by atoms with van der Waals surface area (Å²) in [5.41, 5.74) is 0.909. The van der Waals surface area contributed by atoms with E-state index in [2.05, 4.69) is 15.2 Å². The third-order valence-electron chi connectivity index (χ3n) is 1.86. The fraction of sp³-hybridized carbons (Fsp3) is 0.556. The summed E-state index contributed by atoms with van der Waals surface area (Å²) >= 11 is 5.74. The van der Waals surface area contributed by atoms with Crippen molar-refractivity contribution in [3.63, 3.8) is 0 Å². The number of rotatable bonds is 5. The summed E-state index contributed by atoms with van der Waals surface area (Å²) in [5, 5.41) is 6.53. The van der Waals surface area contributed by atoms with Gasteiger partial charge in [-0.1, -0.05) is 0 Å². The van der Waals surface area contributed by atoms with Gasteiger partial charge >= 0.3 is 5.97 Å². The van der Waals surface area contributed by atoms with Gasteiger partial charge in [-0.25, -0.2) is 0 Å². The molecule has 1 aromatic heterocycles. The minimum atomic E-state index is -0.654. The molecule has 0 fully saturated rings. The molecule has 1 N–H and O–H groups in total. The van der Waals surface area contributed by atoms with Crippen molar-refractivity contribution in [2.45, 2.75) is 11.9 Å². The number of nitrogens with zero attached hydrogens (tertiary/aromatic N) is 2. The highest BCUT2D eigenvalue weighted by atomic mass is 35.5. The second-order valence-corrected chi connectivity index (χ2v) is 3.63. The van der Waals surface area contributed by atoms with E-state index >= 15 is 0 Å². The lowest BCUT2D eigenvalue weighted by Gasteiger charge is -2.07. The predicted molar refractivity (Wildman–Crippen MR) is 56.6 cm³/mol. The summed E-state index contributed by atoms with van der Waals surface area (Å²) in [6.07, 6.45) is 1.86. The molecule has 1 unspecified atom stereocenters. The largest absolute Gasteiger partial charge is 0.468 e. The van der Waals surface area contributed by atoms with Gasteiger partial charge in [-0.15, -0.1) is 11.6 Å². The highest BCUT2D eigenvalue weighted by molar-refractivity contribution is 6.30. The van der Waals surface area contributed by atoms with E-state index in [1.54, 1.807) is 4.68 Å². The van der Waals surface area contributed by atoms with Gasteiger partial charge in [0.25, 0.3) is 0 Å². The normalized spacial score (nSPS) is 12.5. The van der Waals surface area contributed by atoms with E-state index in [0.717, 1.165) is 5.69 Å². The van der Waals surface area contributed by atoms with Crippen LogP contribution in [0.4, 0.5) is 0 Å². The van der Waals surface area contributed by atoms with E-state index in [1.807, 2.05) is 19.3 Å². The van der Waals surface area contributed by atoms with Gasteiger partial charge in [0.2, 0.25) is 0 Å². The summed E-state index contributed by atoms with van der Waals surface area (Å²) in [5.74, 6) is -0.426. The lowest BCUT2D eigenvalue weighted by molar-refractivity contribution is -0.140. The molecule has 84 valence electrons. The number of alkyl halides is 1. The number of aryl methyl sites for hydroxylation is 1. The van der Waals surface area contributed by atoms with Crippen LogP contribution in [0.1, 0.15) is 5.69 Å². The molecule has 1 rings (SSSR count). The number of carbonyl (C=O) groups excluding carboxylic acids is 1. The van der Waals surface area contributed by atoms with Crippen LogP contribution in [0.3, 0.4) is 0 Å². The quantitative estimate of drug-likeness (QED) is 0.585. The molecule has 6 heteroatoms. The van der Waals surface area contributed by atoms with Crippen LogP contribution < -0.4 is 5.32 Å². The molecule has 0 bridgehead atoms. The fourth-order valence-electron chi connectivity index (χ4n) is 1.10. The number of halogens is 1. The summed E-state index contributed by atoms with van der Waals surface area (Å²) < 4.78 is 6.21. The first-order chi connectivity index (χ1) is 7.13. The zero-order chi connectivity index (χ0) is 11.3. The minimum absolute atomic E-state index is 0.366. The minimum Gasteiger partial charge on any atom is -0.468 e. The van der Waals surface area contributed by atoms with Gasteiger partial charge in [0.05, 0.1) is 12.8 Å². The van der Waals surface area contributed by atoms with Crippen molar-refractivity contribution < 1.29 is 9.53 Å². The lowest BCUT2D eigenvalue weighted by atomic mass is 10.4. The molecule has 1 aromatic rings. The molecule has 0 spiro atoms. The van der Waals surface area contributed by atoms with Crippen molar-refractivity contribution >= 4 is 17.6 Å². The fourth-order valence-corrected chi connectivity index (χ4v) is 1.29. The zero-order valence-electron chi connectivity index (χ0n) is 8.74. The van der Waals surface area contributed by atoms with E-state index in [1.165, 1.54) is 7.11 Å². The number of aromatic nitrogens is 2. The summed E-state index contributed by atoms with van der Waals surface area (Å²) in [7, 11) is 3.17. The Morgan fingerprint density at radius 1 is 1.80 bits per heavy atom. The molecule has 0 aromatic carbocycles. The molecule has 0 aliphatic heterocycles. The summed E-state index contributed by atoms with van der Waals surface area (Å²) in [6, 6.07) is 1.90. The van der Waals surface area contributed by atoms with Crippen molar-refractivity contribution in [2.24, 2.45) is 7.05 Å². The third-order valence-corrected chi connectivity index (χ3v) is 2.19. The Kier molecular flexibility index (Phi) is 4.58. The highest BCUT2D eigenvalue weighted by Gasteiger charge is 2.14. The zero-order valence-corrected chi connectivity index (χ0v) is 9.49. The summed E-state index contributed by atoms with van der Waals surface area (Å²) in [4.78, 5) is 10.9. The molecular weight excluding hydrogens is 218 g/mol. The number of carbonyl (C=O) groups is 1. The maximum atomic E-state index is 10.9. The Morgan fingerprint density at radius 3 is 3.07 bits per heavy atom. The standard InChI is InChI=1S/C9H14ClN3O2/c1-13-4-3-7(12-13)5-11-6-8(10)9(14)15-2/h3-4,8,11H,5-6H2,1-2H3. The Bertz CT molecular complexity index is 327. The molecule has 0 aliphatic carbocycles. The SMILES string of the molecule is COC(=O)C(Cl)CNCc1ccn(C)n1. The second-order valence-electron chi connectivity index (χ2n) is 3.10. The predicted octanol–water partition coefficient (Wildman–Crippen LogP) is 0.290. The monoisotopic (exact) mass is 231 g/mol. The van der Waals surface area contributed by atoms with Crippen molar-refractivity contribution in [1.82, 2.24) is 15.1 Å². The molecule has 0 radical (unpaired) electrons. The van der Waals surface area contributed by atoms with Crippen LogP contribution in [0.15, 0.2) is 12.3 Å². The summed E-state index contributed by atoms with van der Waals surface area (Å²) in [6.45, 7) is 0.950. The van der Waals surface area contributed by atoms with E-state index in [-0.39, 0.29) is 0 Å². The van der Waals surface area contributed by atoms with Gasteiger partial charge in [0.15, 0.2) is 0 Å². The molecule has 15 heavy (non-hydrogen) atoms. The van der Waals surface area contributed by atoms with Crippen LogP contribution in [0.25, 0.3) is 0 Å². The Labute approximate surface area is 93.4 Å². The molecule has 0 saturated carbocycles. The number of ether oxygens (including phenoxy) is 1. The number of methoxy groups -OCH3 is 1. The van der Waals surface area contributed by atoms with Crippen molar-refractivity contribution in [1.29, 1.82) is 0 Å². The number of esters is 1. The van der Waals surface area contributed by atoms with Crippen LogP contribution in [0.5, 0.6) is 0 Å². The Balaban J connectivity index is 2.24. The van der Waals surface area contributed by atoms with Gasteiger partial charge < -0.3 is 10.1 Å². The maximum absolute atomic E-state index is 10.9. The molecule has 0 aliphatic rings. The number of hydrogen-bond donors (Lipinski definition) is 1. The number of nitrogens with one attached hydrogen (secondary N) is 1. The van der Waals surface area contributed by atoms with Crippen LogP contribution in [-0.2, 0) is 23.1 Å². The highest BCUT2D eigenvalue weighted by Crippen LogP contribution is 1.98. The molecule has 1 atom stereocenters. The molecule has 5 nitrogen and oxygen atoms in total. The Morgan fingerprint density at radius 2 is 2.53 bits per heavy atom. The lowest BCUT2D eigenvalue weighted by Crippen LogP contribution is -2.29. The molecule has 1 heterocycles. The molecule has 0 saturated heterocycles. The van der Waals surface area contributed by atoms with Gasteiger partial charge in [-0.3, -0.25) is 9.48 Å². The first kappa shape index (κ1) is 12.0. The second kappa shape index (κ2) is 5.72. The first-order valence-electron chi connectivity index (χ1n) is 4.54. The topological polar surface area (TPSA) is 56.1 Å². The van der Waals surface area contributed by atoms with Crippen LogP contribution in [0.2, 0.25) is 0 Å². The van der Waals surface area contributed by atoms with Crippen LogP contribution in [0, 0.1) is 0 Å². The Hall–Kier alpha value is -1.07. The van der Waals surface area contributed by atoms with Crippen molar-refractivity contribution in [3.05, 3.63) is 18.0 Å². The van der Waals surface area contributed by atoms with Crippen molar-refractivity contribution in [2.75, 3.05) is 13.7 Å². The smallest absolute Gasteiger partial charge is 0.325 e. The van der Waals surface area contributed by atoms with Gasteiger partial charge in [-0.05, 0) is 6.07 Å². The first-order valence-corrected chi connectivity index (χ1v) is 4.98. The van der Waals surface area contributed by atoms with Gasteiger partial charge in [-0.2, -0.15) is 5.10 Å². The van der Waals surface area contributed by atoms with E-state index in [9.17, 15) is 4.79 Å². The maximum Gasteiger partial charge on any atom is 0.325 e.